The van der Waals surface area contributed by atoms with Gasteiger partial charge in [0.25, 0.3) is 0 Å². The molecule has 4 heteroatoms. The van der Waals surface area contributed by atoms with E-state index in [4.69, 9.17) is 0 Å². The minimum Gasteiger partial charge on any atom is -0.466 e. The molecule has 0 aliphatic heterocycles. The number of hydrogen-bond acceptors (Lipinski definition) is 4. The molecule has 0 amide bonds. The number of carbonyl (C=O) groups excluding carboxylic acids is 1. The van der Waals surface area contributed by atoms with Gasteiger partial charge in [-0.2, -0.15) is 0 Å². The van der Waals surface area contributed by atoms with Gasteiger partial charge in [0.1, 0.15) is 0 Å². The van der Waals surface area contributed by atoms with E-state index < -0.39 is 0 Å². The van der Waals surface area contributed by atoms with Crippen LogP contribution in [0.4, 0.5) is 11.4 Å². The Morgan fingerprint density at radius 2 is 1.73 bits per heavy atom. The Labute approximate surface area is 135 Å². The van der Waals surface area contributed by atoms with Gasteiger partial charge in [-0.3, -0.25) is 0 Å². The van der Waals surface area contributed by atoms with Crippen molar-refractivity contribution in [3.8, 4) is 0 Å². The number of ether oxygens (including phenoxy) is 1. The van der Waals surface area contributed by atoms with Gasteiger partial charge in [-0.15, -0.1) is 11.8 Å². The Morgan fingerprint density at radius 3 is 2.41 bits per heavy atom. The topological polar surface area (TPSA) is 29.5 Å². The normalized spacial score (nSPS) is 10.7. The van der Waals surface area contributed by atoms with E-state index in [0.717, 1.165) is 16.9 Å². The van der Waals surface area contributed by atoms with Crippen LogP contribution in [-0.2, 0) is 9.53 Å². The fraction of sp³-hybridized carbons (Fsp3) is 0.167. The average Bonchev–Trinajstić information content (AvgIpc) is 2.59. The smallest absolute Gasteiger partial charge is 0.330 e. The lowest BCUT2D eigenvalue weighted by Gasteiger charge is -2.23. The molecule has 0 fully saturated rings. The fourth-order valence-corrected chi connectivity index (χ4v) is 2.83. The molecule has 0 atom stereocenters. The number of benzene rings is 2. The number of rotatable bonds is 5. The second-order valence-corrected chi connectivity index (χ2v) is 5.49. The zero-order valence-electron chi connectivity index (χ0n) is 12.9. The highest BCUT2D eigenvalue weighted by Crippen LogP contribution is 2.34. The Balaban J connectivity index is 2.40. The molecule has 0 aliphatic rings. The number of methoxy groups -OCH3 is 1. The van der Waals surface area contributed by atoms with E-state index >= 15 is 0 Å². The van der Waals surface area contributed by atoms with E-state index in [1.165, 1.54) is 18.1 Å². The molecule has 2 rings (SSSR count). The van der Waals surface area contributed by atoms with Gasteiger partial charge in [0.2, 0.25) is 0 Å². The molecule has 0 heterocycles. The van der Waals surface area contributed by atoms with Crippen molar-refractivity contribution in [3.05, 3.63) is 60.2 Å². The molecule has 0 unspecified atom stereocenters. The number of hydrogen-bond donors (Lipinski definition) is 0. The van der Waals surface area contributed by atoms with Gasteiger partial charge in [0.05, 0.1) is 12.8 Å². The van der Waals surface area contributed by atoms with Crippen LogP contribution in [0.2, 0.25) is 0 Å². The third-order valence-electron chi connectivity index (χ3n) is 3.34. The molecule has 0 aliphatic carbocycles. The van der Waals surface area contributed by atoms with Crippen molar-refractivity contribution in [1.29, 1.82) is 0 Å². The van der Waals surface area contributed by atoms with E-state index in [9.17, 15) is 4.79 Å². The second kappa shape index (κ2) is 7.71. The molecular weight excluding hydrogens is 294 g/mol. The van der Waals surface area contributed by atoms with Crippen LogP contribution in [0.1, 0.15) is 5.56 Å². The van der Waals surface area contributed by atoms with Crippen molar-refractivity contribution in [2.24, 2.45) is 0 Å². The van der Waals surface area contributed by atoms with Crippen LogP contribution >= 0.6 is 11.8 Å². The number of thioether (sulfide) groups is 1. The summed E-state index contributed by atoms with van der Waals surface area (Å²) in [7, 11) is 3.40. The summed E-state index contributed by atoms with van der Waals surface area (Å²) in [6.07, 6.45) is 5.28. The second-order valence-electron chi connectivity index (χ2n) is 4.65. The van der Waals surface area contributed by atoms with Crippen LogP contribution in [-0.4, -0.2) is 26.4 Å². The quantitative estimate of drug-likeness (QED) is 0.466. The maximum Gasteiger partial charge on any atom is 0.330 e. The highest BCUT2D eigenvalue weighted by atomic mass is 32.2. The molecule has 2 aromatic rings. The number of esters is 1. The third kappa shape index (κ3) is 3.71. The van der Waals surface area contributed by atoms with Gasteiger partial charge in [-0.05, 0) is 36.1 Å². The molecule has 22 heavy (non-hydrogen) atoms. The summed E-state index contributed by atoms with van der Waals surface area (Å²) in [4.78, 5) is 14.6. The molecule has 3 nitrogen and oxygen atoms in total. The molecule has 2 aromatic carbocycles. The molecule has 114 valence electrons. The van der Waals surface area contributed by atoms with Crippen LogP contribution in [0.15, 0.2) is 59.5 Å². The van der Waals surface area contributed by atoms with Crippen LogP contribution in [0.5, 0.6) is 0 Å². The highest BCUT2D eigenvalue weighted by Gasteiger charge is 2.10. The summed E-state index contributed by atoms with van der Waals surface area (Å²) < 4.78 is 4.65. The third-order valence-corrected chi connectivity index (χ3v) is 4.13. The molecule has 0 saturated carbocycles. The standard InChI is InChI=1S/C18H19NO2S/c1-19(16-10-6-7-11-17(16)22-3)15-9-5-4-8-14(15)12-13-18(20)21-2/h4-13H,1-3H3/b13-12+. The molecule has 0 saturated heterocycles. The minimum absolute atomic E-state index is 0.359. The van der Waals surface area contributed by atoms with Crippen molar-refractivity contribution < 1.29 is 9.53 Å². The molecule has 0 spiro atoms. The summed E-state index contributed by atoms with van der Waals surface area (Å²) in [5, 5.41) is 0. The Bertz CT molecular complexity index is 682. The summed E-state index contributed by atoms with van der Waals surface area (Å²) in [6, 6.07) is 16.2. The van der Waals surface area contributed by atoms with Crippen molar-refractivity contribution >= 4 is 35.2 Å². The Hall–Kier alpha value is -2.20. The lowest BCUT2D eigenvalue weighted by atomic mass is 10.1. The van der Waals surface area contributed by atoms with Gasteiger partial charge >= 0.3 is 5.97 Å². The molecular formula is C18H19NO2S. The van der Waals surface area contributed by atoms with E-state index in [1.807, 2.05) is 43.4 Å². The summed E-state index contributed by atoms with van der Waals surface area (Å²) in [5.41, 5.74) is 3.13. The monoisotopic (exact) mass is 313 g/mol. The fourth-order valence-electron chi connectivity index (χ4n) is 2.20. The summed E-state index contributed by atoms with van der Waals surface area (Å²) in [5.74, 6) is -0.359. The van der Waals surface area contributed by atoms with Crippen LogP contribution < -0.4 is 4.90 Å². The van der Waals surface area contributed by atoms with E-state index in [1.54, 1.807) is 17.8 Å². The lowest BCUT2D eigenvalue weighted by Crippen LogP contribution is -2.11. The van der Waals surface area contributed by atoms with Gasteiger partial charge in [-0.1, -0.05) is 30.3 Å². The average molecular weight is 313 g/mol. The predicted octanol–water partition coefficient (Wildman–Crippen LogP) is 4.36. The van der Waals surface area contributed by atoms with Crippen molar-refractivity contribution in [2.75, 3.05) is 25.3 Å². The van der Waals surface area contributed by atoms with Crippen molar-refractivity contribution in [1.82, 2.24) is 0 Å². The van der Waals surface area contributed by atoms with Crippen LogP contribution in [0.25, 0.3) is 6.08 Å². The Morgan fingerprint density at radius 1 is 1.09 bits per heavy atom. The largest absolute Gasteiger partial charge is 0.466 e. The first-order valence-corrected chi connectivity index (χ1v) is 8.11. The van der Waals surface area contributed by atoms with Crippen LogP contribution in [0, 0.1) is 0 Å². The van der Waals surface area contributed by atoms with Crippen molar-refractivity contribution in [3.63, 3.8) is 0 Å². The van der Waals surface area contributed by atoms with Gasteiger partial charge in [-0.25, -0.2) is 4.79 Å². The Kier molecular flexibility index (Phi) is 5.67. The summed E-state index contributed by atoms with van der Waals surface area (Å²) >= 11 is 1.71. The zero-order valence-corrected chi connectivity index (χ0v) is 13.8. The summed E-state index contributed by atoms with van der Waals surface area (Å²) in [6.45, 7) is 0. The predicted molar refractivity (Wildman–Crippen MR) is 93.8 cm³/mol. The van der Waals surface area contributed by atoms with E-state index in [-0.39, 0.29) is 5.97 Å². The maximum atomic E-state index is 11.3. The van der Waals surface area contributed by atoms with E-state index in [2.05, 4.69) is 28.0 Å². The van der Waals surface area contributed by atoms with E-state index in [0.29, 0.717) is 0 Å². The van der Waals surface area contributed by atoms with Gasteiger partial charge in [0, 0.05) is 23.7 Å². The molecule has 0 N–H and O–H groups in total. The van der Waals surface area contributed by atoms with Crippen LogP contribution in [0.3, 0.4) is 0 Å². The first-order valence-electron chi connectivity index (χ1n) is 6.89. The van der Waals surface area contributed by atoms with Crippen molar-refractivity contribution in [2.45, 2.75) is 4.90 Å². The minimum atomic E-state index is -0.359. The molecule has 0 bridgehead atoms. The van der Waals surface area contributed by atoms with Gasteiger partial charge < -0.3 is 9.64 Å². The highest BCUT2D eigenvalue weighted by molar-refractivity contribution is 7.98. The lowest BCUT2D eigenvalue weighted by molar-refractivity contribution is -0.134. The first-order chi connectivity index (χ1) is 10.7. The SMILES string of the molecule is COC(=O)/C=C/c1ccccc1N(C)c1ccccc1SC. The molecule has 0 aromatic heterocycles. The number of carbonyl (C=O) groups is 1. The number of para-hydroxylation sites is 2. The maximum absolute atomic E-state index is 11.3. The van der Waals surface area contributed by atoms with Gasteiger partial charge in [0.15, 0.2) is 0 Å². The number of nitrogens with zero attached hydrogens (tertiary/aromatic N) is 1. The first kappa shape index (κ1) is 16.2. The zero-order chi connectivity index (χ0) is 15.9. The number of anilines is 2. The molecule has 0 radical (unpaired) electrons.